The van der Waals surface area contributed by atoms with Crippen LogP contribution in [0, 0.1) is 11.6 Å². The summed E-state index contributed by atoms with van der Waals surface area (Å²) in [5.74, 6) is -1.17. The van der Waals surface area contributed by atoms with Crippen LogP contribution in [0.2, 0.25) is 0 Å². The molecule has 148 valence electrons. The van der Waals surface area contributed by atoms with E-state index >= 15 is 0 Å². The molecule has 0 atom stereocenters. The van der Waals surface area contributed by atoms with E-state index in [-0.39, 0.29) is 23.5 Å². The first-order valence-electron chi connectivity index (χ1n) is 9.48. The van der Waals surface area contributed by atoms with Gasteiger partial charge < -0.3 is 4.90 Å². The molecule has 2 aromatic carbocycles. The third kappa shape index (κ3) is 3.94. The molecule has 0 spiro atoms. The third-order valence-electron chi connectivity index (χ3n) is 5.10. The van der Waals surface area contributed by atoms with Crippen molar-refractivity contribution in [1.82, 2.24) is 9.78 Å². The molecule has 29 heavy (non-hydrogen) atoms. The van der Waals surface area contributed by atoms with Crippen molar-refractivity contribution in [3.8, 4) is 5.69 Å². The number of nitrogens with zero attached hydrogens (tertiary/aromatic N) is 3. The summed E-state index contributed by atoms with van der Waals surface area (Å²) in [4.78, 5) is 27.2. The predicted octanol–water partition coefficient (Wildman–Crippen LogP) is 4.10. The Labute approximate surface area is 166 Å². The lowest BCUT2D eigenvalue weighted by Crippen LogP contribution is -2.40. The maximum atomic E-state index is 13.4. The highest BCUT2D eigenvalue weighted by molar-refractivity contribution is 6.05. The van der Waals surface area contributed by atoms with Gasteiger partial charge in [-0.1, -0.05) is 12.8 Å². The van der Waals surface area contributed by atoms with Crippen LogP contribution in [-0.2, 0) is 0 Å². The number of hydrogen-bond acceptors (Lipinski definition) is 3. The number of carbonyl (C=O) groups excluding carboxylic acids is 1. The van der Waals surface area contributed by atoms with Gasteiger partial charge in [-0.15, -0.1) is 0 Å². The molecule has 0 N–H and O–H groups in total. The van der Waals surface area contributed by atoms with Crippen LogP contribution in [0.4, 0.5) is 14.5 Å². The van der Waals surface area contributed by atoms with Crippen molar-refractivity contribution < 1.29 is 13.6 Å². The predicted molar refractivity (Wildman–Crippen MR) is 105 cm³/mol. The highest BCUT2D eigenvalue weighted by Gasteiger charge is 2.30. The van der Waals surface area contributed by atoms with Gasteiger partial charge in [-0.2, -0.15) is 9.78 Å². The summed E-state index contributed by atoms with van der Waals surface area (Å²) in [6, 6.07) is 13.7. The summed E-state index contributed by atoms with van der Waals surface area (Å²) in [6.45, 7) is 0. The highest BCUT2D eigenvalue weighted by atomic mass is 19.1. The quantitative estimate of drug-likeness (QED) is 0.668. The van der Waals surface area contributed by atoms with E-state index in [9.17, 15) is 18.4 Å². The zero-order valence-corrected chi connectivity index (χ0v) is 15.6. The van der Waals surface area contributed by atoms with Gasteiger partial charge in [-0.05, 0) is 67.4 Å². The average molecular weight is 395 g/mol. The molecule has 7 heteroatoms. The molecule has 0 saturated heterocycles. The summed E-state index contributed by atoms with van der Waals surface area (Å²) in [7, 11) is 0. The standard InChI is InChI=1S/C22H19F2N3O2/c23-15-5-9-18(10-6-15)26(17-3-1-2-4-17)22(29)20-13-14-21(28)27(25-20)19-11-7-16(24)8-12-19/h5-14,17H,1-4H2. The van der Waals surface area contributed by atoms with Gasteiger partial charge in [0.1, 0.15) is 17.3 Å². The van der Waals surface area contributed by atoms with Crippen molar-refractivity contribution in [2.45, 2.75) is 31.7 Å². The molecule has 1 saturated carbocycles. The highest BCUT2D eigenvalue weighted by Crippen LogP contribution is 2.29. The third-order valence-corrected chi connectivity index (χ3v) is 5.10. The van der Waals surface area contributed by atoms with E-state index < -0.39 is 11.4 Å². The second-order valence-electron chi connectivity index (χ2n) is 7.03. The summed E-state index contributed by atoms with van der Waals surface area (Å²) >= 11 is 0. The molecule has 1 aliphatic carbocycles. The summed E-state index contributed by atoms with van der Waals surface area (Å²) in [5, 5.41) is 4.22. The number of amides is 1. The topological polar surface area (TPSA) is 55.2 Å². The molecule has 0 bridgehead atoms. The second kappa shape index (κ2) is 7.95. The monoisotopic (exact) mass is 395 g/mol. The Hall–Kier alpha value is -3.35. The van der Waals surface area contributed by atoms with Crippen LogP contribution in [0.5, 0.6) is 0 Å². The lowest BCUT2D eigenvalue weighted by molar-refractivity contribution is 0.0970. The van der Waals surface area contributed by atoms with Crippen LogP contribution in [-0.4, -0.2) is 21.7 Å². The fraction of sp³-hybridized carbons (Fsp3) is 0.227. The zero-order chi connectivity index (χ0) is 20.4. The molecular formula is C22H19F2N3O2. The minimum absolute atomic E-state index is 0.0130. The van der Waals surface area contributed by atoms with Crippen molar-refractivity contribution in [1.29, 1.82) is 0 Å². The SMILES string of the molecule is O=C(c1ccc(=O)n(-c2ccc(F)cc2)n1)N(c1ccc(F)cc1)C1CCCC1. The number of benzene rings is 2. The van der Waals surface area contributed by atoms with E-state index in [1.54, 1.807) is 17.0 Å². The van der Waals surface area contributed by atoms with Gasteiger partial charge in [0.2, 0.25) is 0 Å². The van der Waals surface area contributed by atoms with Crippen LogP contribution in [0.3, 0.4) is 0 Å². The minimum atomic E-state index is -0.433. The Morgan fingerprint density at radius 2 is 1.48 bits per heavy atom. The number of aromatic nitrogens is 2. The maximum Gasteiger partial charge on any atom is 0.278 e. The number of hydrogen-bond donors (Lipinski definition) is 0. The number of rotatable bonds is 4. The van der Waals surface area contributed by atoms with E-state index in [1.807, 2.05) is 0 Å². The first-order chi connectivity index (χ1) is 14.0. The van der Waals surface area contributed by atoms with Gasteiger partial charge >= 0.3 is 0 Å². The van der Waals surface area contributed by atoms with E-state index in [1.165, 1.54) is 48.5 Å². The van der Waals surface area contributed by atoms with Crippen LogP contribution in [0.25, 0.3) is 5.69 Å². The molecule has 0 unspecified atom stereocenters. The van der Waals surface area contributed by atoms with Crippen LogP contribution < -0.4 is 10.5 Å². The van der Waals surface area contributed by atoms with Crippen LogP contribution in [0.1, 0.15) is 36.2 Å². The Balaban J connectivity index is 1.74. The largest absolute Gasteiger partial charge is 0.304 e. The fourth-order valence-corrected chi connectivity index (χ4v) is 3.67. The van der Waals surface area contributed by atoms with Gasteiger partial charge in [0.15, 0.2) is 0 Å². The van der Waals surface area contributed by atoms with Gasteiger partial charge in [0.05, 0.1) is 5.69 Å². The molecule has 1 aliphatic rings. The van der Waals surface area contributed by atoms with E-state index in [4.69, 9.17) is 0 Å². The van der Waals surface area contributed by atoms with Crippen molar-refractivity contribution >= 4 is 11.6 Å². The van der Waals surface area contributed by atoms with E-state index in [0.29, 0.717) is 11.4 Å². The normalized spacial score (nSPS) is 14.1. The summed E-state index contributed by atoms with van der Waals surface area (Å²) < 4.78 is 27.7. The number of carbonyl (C=O) groups is 1. The zero-order valence-electron chi connectivity index (χ0n) is 15.6. The molecule has 1 fully saturated rings. The molecular weight excluding hydrogens is 376 g/mol. The molecule has 0 aliphatic heterocycles. The van der Waals surface area contributed by atoms with Gasteiger partial charge in [0.25, 0.3) is 11.5 Å². The van der Waals surface area contributed by atoms with Crippen LogP contribution >= 0.6 is 0 Å². The van der Waals surface area contributed by atoms with Gasteiger partial charge in [0, 0.05) is 17.8 Å². The molecule has 5 nitrogen and oxygen atoms in total. The van der Waals surface area contributed by atoms with E-state index in [0.717, 1.165) is 30.4 Å². The lowest BCUT2D eigenvalue weighted by atomic mass is 10.1. The average Bonchev–Trinajstić information content (AvgIpc) is 3.25. The number of halogens is 2. The summed E-state index contributed by atoms with van der Waals surface area (Å²) in [6.07, 6.45) is 3.72. The lowest BCUT2D eigenvalue weighted by Gasteiger charge is -2.29. The molecule has 0 radical (unpaired) electrons. The summed E-state index contributed by atoms with van der Waals surface area (Å²) in [5.41, 5.74) is 0.609. The van der Waals surface area contributed by atoms with Crippen molar-refractivity contribution in [2.24, 2.45) is 0 Å². The van der Waals surface area contributed by atoms with Gasteiger partial charge in [-0.25, -0.2) is 8.78 Å². The van der Waals surface area contributed by atoms with Crippen molar-refractivity contribution in [3.05, 3.63) is 88.3 Å². The minimum Gasteiger partial charge on any atom is -0.304 e. The molecule has 1 amide bonds. The molecule has 1 heterocycles. The van der Waals surface area contributed by atoms with Crippen LogP contribution in [0.15, 0.2) is 65.5 Å². The smallest absolute Gasteiger partial charge is 0.278 e. The Morgan fingerprint density at radius 1 is 0.897 bits per heavy atom. The van der Waals surface area contributed by atoms with Gasteiger partial charge in [-0.3, -0.25) is 9.59 Å². The van der Waals surface area contributed by atoms with Crippen molar-refractivity contribution in [3.63, 3.8) is 0 Å². The Morgan fingerprint density at radius 3 is 2.10 bits per heavy atom. The fourth-order valence-electron chi connectivity index (χ4n) is 3.67. The Bertz CT molecular complexity index is 1070. The molecule has 4 rings (SSSR count). The first-order valence-corrected chi connectivity index (χ1v) is 9.48. The molecule has 3 aromatic rings. The maximum absolute atomic E-state index is 13.4. The van der Waals surface area contributed by atoms with Crippen molar-refractivity contribution in [2.75, 3.05) is 4.90 Å². The molecule has 1 aromatic heterocycles. The number of anilines is 1. The first kappa shape index (κ1) is 19.0. The second-order valence-corrected chi connectivity index (χ2v) is 7.03. The van der Waals surface area contributed by atoms with E-state index in [2.05, 4.69) is 5.10 Å². The Kier molecular flexibility index (Phi) is 5.20.